The molecule has 1 heterocycles. The predicted molar refractivity (Wildman–Crippen MR) is 93.7 cm³/mol. The van der Waals surface area contributed by atoms with E-state index >= 15 is 0 Å². The number of hydrogen-bond donors (Lipinski definition) is 0. The number of rotatable bonds is 3. The molecule has 0 amide bonds. The molecule has 1 unspecified atom stereocenters. The Hall–Kier alpha value is -0.981. The van der Waals surface area contributed by atoms with Crippen LogP contribution in [0.15, 0.2) is 46.9 Å². The van der Waals surface area contributed by atoms with Crippen molar-refractivity contribution in [1.29, 1.82) is 0 Å². The van der Waals surface area contributed by atoms with Gasteiger partial charge < -0.3 is 4.42 Å². The van der Waals surface area contributed by atoms with Gasteiger partial charge in [0.1, 0.15) is 11.5 Å². The zero-order chi connectivity index (χ0) is 15.9. The molecule has 2 saturated carbocycles. The summed E-state index contributed by atoms with van der Waals surface area (Å²) in [6, 6.07) is 14.6. The summed E-state index contributed by atoms with van der Waals surface area (Å²) in [4.78, 5) is 0. The largest absolute Gasteiger partial charge is 2.00 e. The number of hydrogen-bond acceptors (Lipinski definition) is 1. The van der Waals surface area contributed by atoms with Gasteiger partial charge >= 0.3 is 17.1 Å². The zero-order valence-electron chi connectivity index (χ0n) is 13.6. The maximum atomic E-state index is 5.82. The van der Waals surface area contributed by atoms with Gasteiger partial charge in [0.25, 0.3) is 0 Å². The Balaban J connectivity index is 0.000000300. The molecule has 10 radical (unpaired) electrons. The van der Waals surface area contributed by atoms with E-state index < -0.39 is 0 Å². The summed E-state index contributed by atoms with van der Waals surface area (Å²) in [5.74, 6) is 3.42. The molecule has 0 spiro atoms. The second-order valence-electron chi connectivity index (χ2n) is 5.47. The fourth-order valence-electron chi connectivity index (χ4n) is 2.68. The quantitative estimate of drug-likeness (QED) is 0.694. The van der Waals surface area contributed by atoms with Crippen molar-refractivity contribution >= 4 is 0 Å². The molecule has 0 aliphatic heterocycles. The van der Waals surface area contributed by atoms with Crippen LogP contribution in [0.5, 0.6) is 0 Å². The SMILES string of the molecule is Cc1ccc(C([C]2[CH][CH][CH][CH]2)c2ccccc2)o1.[CH]1[CH][CH][CH][CH]1.[Fe+2]. The maximum Gasteiger partial charge on any atom is 2.00 e. The second kappa shape index (κ2) is 10.1. The Morgan fingerprint density at radius 1 is 0.708 bits per heavy atom. The van der Waals surface area contributed by atoms with Crippen LogP contribution in [-0.4, -0.2) is 0 Å². The van der Waals surface area contributed by atoms with E-state index in [-0.39, 0.29) is 23.0 Å². The molecule has 2 aliphatic rings. The maximum absolute atomic E-state index is 5.82. The molecule has 1 aromatic carbocycles. The van der Waals surface area contributed by atoms with Crippen LogP contribution in [0.4, 0.5) is 0 Å². The minimum Gasteiger partial charge on any atom is -0.466 e. The van der Waals surface area contributed by atoms with Crippen molar-refractivity contribution in [1.82, 2.24) is 0 Å². The zero-order valence-corrected chi connectivity index (χ0v) is 14.7. The monoisotopic (exact) mass is 356 g/mol. The Morgan fingerprint density at radius 2 is 1.29 bits per heavy atom. The molecule has 2 heteroatoms. The topological polar surface area (TPSA) is 13.1 Å². The molecule has 120 valence electrons. The predicted octanol–water partition coefficient (Wildman–Crippen LogP) is 5.14. The normalized spacial score (nSPS) is 18.5. The molecule has 1 aromatic heterocycles. The molecule has 2 aliphatic carbocycles. The van der Waals surface area contributed by atoms with Crippen molar-refractivity contribution in [3.63, 3.8) is 0 Å². The van der Waals surface area contributed by atoms with Crippen LogP contribution < -0.4 is 0 Å². The third kappa shape index (κ3) is 5.26. The van der Waals surface area contributed by atoms with Crippen LogP contribution in [0.2, 0.25) is 0 Å². The molecule has 2 aromatic rings. The molecule has 0 bridgehead atoms. The van der Waals surface area contributed by atoms with Crippen LogP contribution in [-0.2, 0) is 17.1 Å². The Labute approximate surface area is 157 Å². The summed E-state index contributed by atoms with van der Waals surface area (Å²) < 4.78 is 5.82. The number of benzene rings is 1. The van der Waals surface area contributed by atoms with E-state index in [2.05, 4.69) is 56.0 Å². The van der Waals surface area contributed by atoms with Gasteiger partial charge in [-0.1, -0.05) is 30.3 Å². The fourth-order valence-corrected chi connectivity index (χ4v) is 2.68. The van der Waals surface area contributed by atoms with Gasteiger partial charge in [-0.05, 0) is 88.3 Å². The van der Waals surface area contributed by atoms with Gasteiger partial charge in [0.2, 0.25) is 0 Å². The average molecular weight is 356 g/mol. The number of aryl methyl sites for hydroxylation is 1. The molecule has 24 heavy (non-hydrogen) atoms. The third-order valence-corrected chi connectivity index (χ3v) is 3.76. The summed E-state index contributed by atoms with van der Waals surface area (Å²) in [6.45, 7) is 1.98. The standard InChI is InChI=1S/C17H15O.C5H5.Fe/c1-13-11-12-16(18-13)17(15-9-5-6-10-15)14-7-3-2-4-8-14;1-2-4-5-3-1;/h2-12,17H,1H3;1-5H;/q;;+2. The Morgan fingerprint density at radius 3 is 1.79 bits per heavy atom. The molecule has 1 atom stereocenters. The minimum atomic E-state index is 0. The first-order chi connectivity index (χ1) is 11.3. The van der Waals surface area contributed by atoms with E-state index in [1.807, 2.05) is 51.2 Å². The summed E-state index contributed by atoms with van der Waals surface area (Å²) in [5, 5.41) is 0. The summed E-state index contributed by atoms with van der Waals surface area (Å²) in [5.41, 5.74) is 1.26. The van der Waals surface area contributed by atoms with Gasteiger partial charge in [0.15, 0.2) is 0 Å². The molecule has 1 nitrogen and oxygen atoms in total. The molecule has 0 saturated heterocycles. The van der Waals surface area contributed by atoms with Crippen LogP contribution in [0.3, 0.4) is 0 Å². The van der Waals surface area contributed by atoms with Gasteiger partial charge in [-0.15, -0.1) is 0 Å². The van der Waals surface area contributed by atoms with Gasteiger partial charge in [-0.25, -0.2) is 0 Å². The summed E-state index contributed by atoms with van der Waals surface area (Å²) >= 11 is 0. The first kappa shape index (κ1) is 19.3. The fraction of sp³-hybridized carbons (Fsp3) is 0.0909. The van der Waals surface area contributed by atoms with Gasteiger partial charge in [-0.2, -0.15) is 0 Å². The van der Waals surface area contributed by atoms with Gasteiger partial charge in [0.05, 0.1) is 0 Å². The van der Waals surface area contributed by atoms with Crippen LogP contribution in [0.1, 0.15) is 23.0 Å². The third-order valence-electron chi connectivity index (χ3n) is 3.76. The molecule has 0 N–H and O–H groups in total. The van der Waals surface area contributed by atoms with E-state index in [4.69, 9.17) is 4.42 Å². The smallest absolute Gasteiger partial charge is 0.466 e. The first-order valence-corrected chi connectivity index (χ1v) is 7.84. The van der Waals surface area contributed by atoms with E-state index in [1.54, 1.807) is 0 Å². The number of furan rings is 1. The summed E-state index contributed by atoms with van der Waals surface area (Å²) in [6.07, 6.45) is 18.4. The van der Waals surface area contributed by atoms with Crippen LogP contribution in [0.25, 0.3) is 0 Å². The second-order valence-corrected chi connectivity index (χ2v) is 5.47. The Kier molecular flexibility index (Phi) is 8.15. The van der Waals surface area contributed by atoms with Gasteiger partial charge in [-0.3, -0.25) is 0 Å². The average Bonchev–Trinajstić information content (AvgIpc) is 3.33. The van der Waals surface area contributed by atoms with Crippen molar-refractivity contribution in [2.24, 2.45) is 0 Å². The molecule has 2 fully saturated rings. The first-order valence-electron chi connectivity index (χ1n) is 7.84. The molecular weight excluding hydrogens is 336 g/mol. The van der Waals surface area contributed by atoms with E-state index in [9.17, 15) is 0 Å². The van der Waals surface area contributed by atoms with Crippen molar-refractivity contribution in [3.8, 4) is 0 Å². The molecular formula is C22H20FeO+2. The van der Waals surface area contributed by atoms with Crippen molar-refractivity contribution < 1.29 is 21.5 Å². The molecule has 4 rings (SSSR count). The van der Waals surface area contributed by atoms with Crippen molar-refractivity contribution in [2.45, 2.75) is 12.8 Å². The van der Waals surface area contributed by atoms with Gasteiger partial charge in [0, 0.05) is 5.92 Å². The van der Waals surface area contributed by atoms with Crippen molar-refractivity contribution in [2.75, 3.05) is 0 Å². The Bertz CT molecular complexity index is 557. The van der Waals surface area contributed by atoms with Crippen LogP contribution in [0, 0.1) is 70.6 Å². The van der Waals surface area contributed by atoms with E-state index in [0.717, 1.165) is 11.5 Å². The van der Waals surface area contributed by atoms with Crippen molar-refractivity contribution in [3.05, 3.63) is 123 Å². The van der Waals surface area contributed by atoms with E-state index in [1.165, 1.54) is 11.5 Å². The van der Waals surface area contributed by atoms with Crippen LogP contribution >= 0.6 is 0 Å². The summed E-state index contributed by atoms with van der Waals surface area (Å²) in [7, 11) is 0. The minimum absolute atomic E-state index is 0. The van der Waals surface area contributed by atoms with E-state index in [0.29, 0.717) is 0 Å².